The van der Waals surface area contributed by atoms with Gasteiger partial charge < -0.3 is 5.32 Å². The summed E-state index contributed by atoms with van der Waals surface area (Å²) in [6.45, 7) is 1.94. The molecule has 2 aromatic rings. The second kappa shape index (κ2) is 7.30. The third-order valence-corrected chi connectivity index (χ3v) is 3.98. The lowest BCUT2D eigenvalue weighted by molar-refractivity contribution is -0.410. The van der Waals surface area contributed by atoms with E-state index >= 15 is 0 Å². The van der Waals surface area contributed by atoms with Crippen molar-refractivity contribution in [3.8, 4) is 12.1 Å². The van der Waals surface area contributed by atoms with Gasteiger partial charge in [0.2, 0.25) is 5.91 Å². The van der Waals surface area contributed by atoms with Crippen LogP contribution < -0.4 is 16.0 Å². The number of carbonyl (C=O) groups excluding carboxylic acids is 1. The zero-order valence-corrected chi connectivity index (χ0v) is 13.2. The van der Waals surface area contributed by atoms with Gasteiger partial charge >= 0.3 is 0 Å². The fraction of sp³-hybridized carbons (Fsp3) is 0.125. The van der Waals surface area contributed by atoms with Gasteiger partial charge in [-0.1, -0.05) is 23.9 Å². The van der Waals surface area contributed by atoms with E-state index in [0.717, 1.165) is 23.0 Å². The molecule has 0 saturated carbocycles. The van der Waals surface area contributed by atoms with Gasteiger partial charge in [0, 0.05) is 5.69 Å². The van der Waals surface area contributed by atoms with Gasteiger partial charge in [0.05, 0.1) is 5.75 Å². The molecule has 0 unspecified atom stereocenters. The first-order chi connectivity index (χ1) is 11.0. The van der Waals surface area contributed by atoms with Gasteiger partial charge in [0.1, 0.15) is 23.3 Å². The summed E-state index contributed by atoms with van der Waals surface area (Å²) in [6, 6.07) is 12.8. The van der Waals surface area contributed by atoms with E-state index in [0.29, 0.717) is 5.03 Å². The van der Waals surface area contributed by atoms with Crippen LogP contribution in [0.2, 0.25) is 0 Å². The van der Waals surface area contributed by atoms with Crippen molar-refractivity contribution in [3.05, 3.63) is 47.0 Å². The van der Waals surface area contributed by atoms with Crippen molar-refractivity contribution in [2.45, 2.75) is 11.9 Å². The normalized spacial score (nSPS) is 9.70. The topological polar surface area (TPSA) is 117 Å². The smallest absolute Gasteiger partial charge is 0.289 e. The van der Waals surface area contributed by atoms with Crippen LogP contribution >= 0.6 is 11.8 Å². The van der Waals surface area contributed by atoms with Crippen LogP contribution in [0.3, 0.4) is 0 Å². The zero-order valence-electron chi connectivity index (χ0n) is 12.4. The number of aryl methyl sites for hydroxylation is 1. The van der Waals surface area contributed by atoms with Crippen molar-refractivity contribution in [3.63, 3.8) is 0 Å². The zero-order chi connectivity index (χ0) is 16.8. The lowest BCUT2D eigenvalue weighted by Crippen LogP contribution is -2.19. The number of nitrogen functional groups attached to an aromatic ring is 1. The van der Waals surface area contributed by atoms with E-state index in [1.165, 1.54) is 6.07 Å². The molecule has 0 saturated heterocycles. The number of amides is 1. The number of rotatable bonds is 4. The van der Waals surface area contributed by atoms with Gasteiger partial charge in [-0.3, -0.25) is 10.5 Å². The Balaban J connectivity index is 2.06. The summed E-state index contributed by atoms with van der Waals surface area (Å²) >= 11 is 1.16. The van der Waals surface area contributed by atoms with Crippen molar-refractivity contribution in [1.29, 1.82) is 10.5 Å². The molecule has 0 fully saturated rings. The fourth-order valence-electron chi connectivity index (χ4n) is 1.89. The summed E-state index contributed by atoms with van der Waals surface area (Å²) < 4.78 is 0. The molecule has 0 spiro atoms. The van der Waals surface area contributed by atoms with Crippen LogP contribution in [0.1, 0.15) is 16.7 Å². The molecule has 0 aliphatic rings. The summed E-state index contributed by atoms with van der Waals surface area (Å²) in [5, 5.41) is 21.3. The average molecular weight is 324 g/mol. The largest absolute Gasteiger partial charge is 0.325 e. The summed E-state index contributed by atoms with van der Waals surface area (Å²) in [4.78, 5) is 14.8. The molecule has 23 heavy (non-hydrogen) atoms. The van der Waals surface area contributed by atoms with Crippen molar-refractivity contribution < 1.29 is 9.78 Å². The molecule has 1 aromatic carbocycles. The van der Waals surface area contributed by atoms with Gasteiger partial charge in [-0.05, 0) is 30.7 Å². The molecule has 1 aromatic heterocycles. The van der Waals surface area contributed by atoms with Gasteiger partial charge in [-0.15, -0.1) is 0 Å². The van der Waals surface area contributed by atoms with E-state index in [9.17, 15) is 4.79 Å². The first kappa shape index (κ1) is 16.3. The highest BCUT2D eigenvalue weighted by atomic mass is 32.2. The Morgan fingerprint density at radius 1 is 1.30 bits per heavy atom. The molecule has 0 aliphatic carbocycles. The molecule has 4 N–H and O–H groups in total. The minimum absolute atomic E-state index is 0.116. The Kier molecular flexibility index (Phi) is 5.19. The molecular formula is C16H14N5OS+. The summed E-state index contributed by atoms with van der Waals surface area (Å²) in [5.74, 6) is 0.0960. The van der Waals surface area contributed by atoms with Gasteiger partial charge in [-0.2, -0.15) is 10.5 Å². The third kappa shape index (κ3) is 4.22. The number of nitriles is 2. The first-order valence-electron chi connectivity index (χ1n) is 6.69. The van der Waals surface area contributed by atoms with Crippen LogP contribution in [-0.4, -0.2) is 11.7 Å². The monoisotopic (exact) mass is 324 g/mol. The van der Waals surface area contributed by atoms with Gasteiger partial charge in [0.25, 0.3) is 5.82 Å². The molecular weight excluding hydrogens is 310 g/mol. The maximum atomic E-state index is 12.0. The predicted molar refractivity (Wildman–Crippen MR) is 87.4 cm³/mol. The quantitative estimate of drug-likeness (QED) is 0.833. The van der Waals surface area contributed by atoms with Crippen molar-refractivity contribution in [2.24, 2.45) is 0 Å². The van der Waals surface area contributed by atoms with Crippen molar-refractivity contribution in [1.82, 2.24) is 0 Å². The van der Waals surface area contributed by atoms with E-state index in [2.05, 4.69) is 10.3 Å². The molecule has 114 valence electrons. The number of nitrogens with zero attached hydrogens (tertiary/aromatic N) is 2. The standard InChI is InChI=1S/C16H13N5OS/c1-10-3-2-4-13(5-10)20-14(22)9-23-16-12(8-18)6-11(7-17)15(19)21-16/h2-6H,9H2,1H3,(H2,19,21)(H,20,22)/p+1. The van der Waals surface area contributed by atoms with Gasteiger partial charge in [0.15, 0.2) is 5.03 Å². The summed E-state index contributed by atoms with van der Waals surface area (Å²) in [5.41, 5.74) is 7.96. The Hall–Kier alpha value is -3.03. The number of nitrogens with two attached hydrogens (primary N) is 1. The minimum Gasteiger partial charge on any atom is -0.325 e. The number of hydrogen-bond donors (Lipinski definition) is 2. The highest BCUT2D eigenvalue weighted by Crippen LogP contribution is 2.20. The number of aromatic amines is 1. The predicted octanol–water partition coefficient (Wildman–Crippen LogP) is 1.87. The Morgan fingerprint density at radius 3 is 2.70 bits per heavy atom. The first-order valence-corrected chi connectivity index (χ1v) is 7.67. The second-order valence-corrected chi connectivity index (χ2v) is 5.76. The maximum Gasteiger partial charge on any atom is 0.289 e. The number of anilines is 2. The molecule has 6 nitrogen and oxygen atoms in total. The fourth-order valence-corrected chi connectivity index (χ4v) is 2.68. The number of aromatic nitrogens is 1. The molecule has 1 amide bonds. The molecule has 7 heteroatoms. The molecule has 1 heterocycles. The van der Waals surface area contributed by atoms with Crippen LogP contribution in [0.15, 0.2) is 35.4 Å². The van der Waals surface area contributed by atoms with Crippen molar-refractivity contribution in [2.75, 3.05) is 16.8 Å². The maximum absolute atomic E-state index is 12.0. The van der Waals surface area contributed by atoms with Crippen LogP contribution in [-0.2, 0) is 4.79 Å². The number of thioether (sulfide) groups is 1. The lowest BCUT2D eigenvalue weighted by atomic mass is 10.2. The van der Waals surface area contributed by atoms with E-state index in [-0.39, 0.29) is 28.6 Å². The highest BCUT2D eigenvalue weighted by Gasteiger charge is 2.16. The van der Waals surface area contributed by atoms with E-state index in [1.807, 2.05) is 43.3 Å². The number of H-pyrrole nitrogens is 1. The lowest BCUT2D eigenvalue weighted by Gasteiger charge is -2.06. The Morgan fingerprint density at radius 2 is 2.04 bits per heavy atom. The van der Waals surface area contributed by atoms with Crippen LogP contribution in [0, 0.1) is 29.6 Å². The summed E-state index contributed by atoms with van der Waals surface area (Å²) in [7, 11) is 0. The van der Waals surface area contributed by atoms with E-state index in [4.69, 9.17) is 16.3 Å². The number of benzene rings is 1. The Bertz CT molecular complexity index is 835. The third-order valence-electron chi connectivity index (χ3n) is 2.96. The Labute approximate surface area is 137 Å². The summed E-state index contributed by atoms with van der Waals surface area (Å²) in [6.07, 6.45) is 0. The van der Waals surface area contributed by atoms with Crippen molar-refractivity contribution >= 4 is 29.2 Å². The average Bonchev–Trinajstić information content (AvgIpc) is 2.53. The number of carbonyl (C=O) groups is 1. The van der Waals surface area contributed by atoms with Gasteiger partial charge in [-0.25, -0.2) is 4.98 Å². The minimum atomic E-state index is -0.194. The highest BCUT2D eigenvalue weighted by molar-refractivity contribution is 7.99. The number of hydrogen-bond acceptors (Lipinski definition) is 5. The number of pyridine rings is 1. The molecule has 0 atom stereocenters. The second-order valence-electron chi connectivity index (χ2n) is 4.77. The van der Waals surface area contributed by atoms with Crippen LogP contribution in [0.4, 0.5) is 11.5 Å². The van der Waals surface area contributed by atoms with Crippen LogP contribution in [0.5, 0.6) is 0 Å². The van der Waals surface area contributed by atoms with E-state index < -0.39 is 0 Å². The molecule has 0 aliphatic heterocycles. The van der Waals surface area contributed by atoms with E-state index in [1.54, 1.807) is 0 Å². The molecule has 0 bridgehead atoms. The molecule has 0 radical (unpaired) electrons. The molecule has 2 rings (SSSR count). The number of nitrogens with one attached hydrogen (secondary N) is 2. The SMILES string of the molecule is Cc1cccc(NC(=O)CSc2[nH+]c(N)c(C#N)cc2C#N)c1. The van der Waals surface area contributed by atoms with Crippen LogP contribution in [0.25, 0.3) is 0 Å².